The molecule has 152 valence electrons. The lowest BCUT2D eigenvalue weighted by Gasteiger charge is -2.59. The Labute approximate surface area is 163 Å². The zero-order valence-corrected chi connectivity index (χ0v) is 17.2. The first kappa shape index (κ1) is 20.6. The van der Waals surface area contributed by atoms with E-state index in [2.05, 4.69) is 39.5 Å². The fourth-order valence-corrected chi connectivity index (χ4v) is 6.32. The summed E-state index contributed by atoms with van der Waals surface area (Å²) in [5.74, 6) is 0.637. The van der Waals surface area contributed by atoms with Crippen LogP contribution in [-0.4, -0.2) is 35.5 Å². The van der Waals surface area contributed by atoms with Crippen LogP contribution < -0.4 is 0 Å². The number of ether oxygens (including phenoxy) is 1. The smallest absolute Gasteiger partial charge is 0.312 e. The van der Waals surface area contributed by atoms with Crippen molar-refractivity contribution in [1.82, 2.24) is 0 Å². The topological polar surface area (TPSA) is 66.8 Å². The first-order valence-electron chi connectivity index (χ1n) is 10.5. The van der Waals surface area contributed by atoms with Crippen molar-refractivity contribution in [2.45, 2.75) is 71.8 Å². The number of aliphatic hydroxyl groups excluding tert-OH is 2. The van der Waals surface area contributed by atoms with Crippen LogP contribution >= 0.6 is 0 Å². The van der Waals surface area contributed by atoms with Crippen molar-refractivity contribution in [2.75, 3.05) is 13.2 Å². The molecule has 2 N–H and O–H groups in total. The summed E-state index contributed by atoms with van der Waals surface area (Å²) >= 11 is 0. The number of rotatable bonds is 5. The molecular weight excluding hydrogens is 340 g/mol. The molecule has 0 aromatic heterocycles. The molecule has 2 saturated carbocycles. The first-order chi connectivity index (χ1) is 12.7. The number of hydrogen-bond donors (Lipinski definition) is 2. The van der Waals surface area contributed by atoms with E-state index < -0.39 is 11.5 Å². The summed E-state index contributed by atoms with van der Waals surface area (Å²) in [6.07, 6.45) is 10.9. The highest BCUT2D eigenvalue weighted by molar-refractivity contribution is 5.77. The van der Waals surface area contributed by atoms with Gasteiger partial charge in [0.1, 0.15) is 12.7 Å². The van der Waals surface area contributed by atoms with Gasteiger partial charge in [-0.3, -0.25) is 4.79 Å². The average Bonchev–Trinajstić information content (AvgIpc) is 2.65. The highest BCUT2D eigenvalue weighted by Crippen LogP contribution is 2.64. The lowest BCUT2D eigenvalue weighted by Crippen LogP contribution is -2.54. The zero-order valence-electron chi connectivity index (χ0n) is 17.2. The van der Waals surface area contributed by atoms with Crippen molar-refractivity contribution in [2.24, 2.45) is 28.1 Å². The van der Waals surface area contributed by atoms with Crippen molar-refractivity contribution in [3.05, 3.63) is 24.3 Å². The lowest BCUT2D eigenvalue weighted by molar-refractivity contribution is -0.174. The van der Waals surface area contributed by atoms with Crippen LogP contribution in [0.2, 0.25) is 0 Å². The maximum absolute atomic E-state index is 13.0. The summed E-state index contributed by atoms with van der Waals surface area (Å²) < 4.78 is 5.44. The first-order valence-corrected chi connectivity index (χ1v) is 10.5. The Morgan fingerprint density at radius 2 is 2.07 bits per heavy atom. The Balaban J connectivity index is 1.84. The second-order valence-electron chi connectivity index (χ2n) is 9.82. The van der Waals surface area contributed by atoms with Gasteiger partial charge in [0.05, 0.1) is 12.0 Å². The van der Waals surface area contributed by atoms with E-state index in [0.717, 1.165) is 44.9 Å². The van der Waals surface area contributed by atoms with Crippen molar-refractivity contribution >= 4 is 5.97 Å². The van der Waals surface area contributed by atoms with Gasteiger partial charge in [-0.1, -0.05) is 38.0 Å². The average molecular weight is 377 g/mol. The van der Waals surface area contributed by atoms with E-state index in [1.54, 1.807) is 5.57 Å². The number of esters is 1. The van der Waals surface area contributed by atoms with Gasteiger partial charge in [0, 0.05) is 5.41 Å². The molecule has 27 heavy (non-hydrogen) atoms. The van der Waals surface area contributed by atoms with Gasteiger partial charge >= 0.3 is 5.97 Å². The van der Waals surface area contributed by atoms with Gasteiger partial charge in [-0.25, -0.2) is 0 Å². The third-order valence-corrected chi connectivity index (χ3v) is 7.98. The molecule has 3 aliphatic rings. The quantitative estimate of drug-likeness (QED) is 0.562. The highest BCUT2D eigenvalue weighted by atomic mass is 16.5. The Hall–Kier alpha value is -1.13. The molecule has 0 aromatic rings. The second kappa shape index (κ2) is 7.36. The summed E-state index contributed by atoms with van der Waals surface area (Å²) in [5.41, 5.74) is 1.28. The number of aliphatic hydroxyl groups is 2. The van der Waals surface area contributed by atoms with Crippen LogP contribution in [-0.2, 0) is 9.53 Å². The Morgan fingerprint density at radius 3 is 2.74 bits per heavy atom. The molecule has 0 spiro atoms. The molecular formula is C23H36O4. The van der Waals surface area contributed by atoms with E-state index in [0.29, 0.717) is 11.8 Å². The summed E-state index contributed by atoms with van der Waals surface area (Å²) in [5, 5.41) is 18.5. The minimum Gasteiger partial charge on any atom is -0.462 e. The summed E-state index contributed by atoms with van der Waals surface area (Å²) in [7, 11) is 0. The Bertz CT molecular complexity index is 626. The SMILES string of the molecule is C=C[C@]1(C)C=C2CC[C@@H]3[C@](C)(CCC[C@@]3(C)C(=O)OCC(O)CO)[C@H]2CC1. The molecule has 0 bridgehead atoms. The summed E-state index contributed by atoms with van der Waals surface area (Å²) in [6, 6.07) is 0. The monoisotopic (exact) mass is 376 g/mol. The van der Waals surface area contributed by atoms with Gasteiger partial charge in [0.15, 0.2) is 0 Å². The Kier molecular flexibility index (Phi) is 5.62. The number of carbonyl (C=O) groups excluding carboxylic acids is 1. The van der Waals surface area contributed by atoms with Crippen molar-refractivity contribution in [3.8, 4) is 0 Å². The number of hydrogen-bond acceptors (Lipinski definition) is 4. The number of fused-ring (bicyclic) bond motifs is 3. The number of carbonyl (C=O) groups is 1. The van der Waals surface area contributed by atoms with E-state index in [1.807, 2.05) is 0 Å². The van der Waals surface area contributed by atoms with Crippen molar-refractivity contribution in [1.29, 1.82) is 0 Å². The van der Waals surface area contributed by atoms with Crippen LogP contribution in [0, 0.1) is 28.1 Å². The molecule has 0 amide bonds. The zero-order chi connectivity index (χ0) is 19.9. The van der Waals surface area contributed by atoms with Crippen LogP contribution in [0.5, 0.6) is 0 Å². The van der Waals surface area contributed by atoms with Crippen LogP contribution in [0.4, 0.5) is 0 Å². The van der Waals surface area contributed by atoms with Crippen molar-refractivity contribution < 1.29 is 19.7 Å². The molecule has 3 rings (SSSR count). The summed E-state index contributed by atoms with van der Waals surface area (Å²) in [4.78, 5) is 13.0. The van der Waals surface area contributed by atoms with E-state index in [4.69, 9.17) is 9.84 Å². The van der Waals surface area contributed by atoms with Gasteiger partial charge in [0.25, 0.3) is 0 Å². The molecule has 0 heterocycles. The van der Waals surface area contributed by atoms with Gasteiger partial charge in [-0.15, -0.1) is 6.58 Å². The molecule has 0 radical (unpaired) electrons. The fraction of sp³-hybridized carbons (Fsp3) is 0.783. The minimum absolute atomic E-state index is 0.104. The lowest BCUT2D eigenvalue weighted by atomic mass is 9.45. The molecule has 0 aromatic carbocycles. The second-order valence-corrected chi connectivity index (χ2v) is 9.82. The van der Waals surface area contributed by atoms with Crippen LogP contribution in [0.15, 0.2) is 24.3 Å². The molecule has 0 saturated heterocycles. The normalized spacial score (nSPS) is 42.3. The molecule has 3 aliphatic carbocycles. The van der Waals surface area contributed by atoms with Gasteiger partial charge in [-0.2, -0.15) is 0 Å². The van der Waals surface area contributed by atoms with Gasteiger partial charge in [-0.05, 0) is 62.7 Å². The maximum Gasteiger partial charge on any atom is 0.312 e. The third-order valence-electron chi connectivity index (χ3n) is 7.98. The largest absolute Gasteiger partial charge is 0.462 e. The molecule has 1 unspecified atom stereocenters. The van der Waals surface area contributed by atoms with Crippen molar-refractivity contribution in [3.63, 3.8) is 0 Å². The van der Waals surface area contributed by atoms with E-state index in [1.165, 1.54) is 0 Å². The highest BCUT2D eigenvalue weighted by Gasteiger charge is 2.58. The predicted octanol–water partition coefficient (Wildman–Crippen LogP) is 4.02. The standard InChI is InChI=1S/C23H36O4/c1-5-21(2)12-9-18-16(13-21)7-8-19-22(18,3)10-6-11-23(19,4)20(26)27-15-17(25)14-24/h5,13,17-19,24-25H,1,6-12,14-15H2,2-4H3/t17?,18-,19+,21-,22+,23+/m0/s1. The van der Waals surface area contributed by atoms with Crippen LogP contribution in [0.1, 0.15) is 65.7 Å². The summed E-state index contributed by atoms with van der Waals surface area (Å²) in [6.45, 7) is 10.2. The number of allylic oxidation sites excluding steroid dienone is 3. The van der Waals surface area contributed by atoms with Crippen LogP contribution in [0.3, 0.4) is 0 Å². The van der Waals surface area contributed by atoms with Gasteiger partial charge in [0.2, 0.25) is 0 Å². The van der Waals surface area contributed by atoms with Gasteiger partial charge < -0.3 is 14.9 Å². The molecule has 6 atom stereocenters. The maximum atomic E-state index is 13.0. The van der Waals surface area contributed by atoms with Crippen LogP contribution in [0.25, 0.3) is 0 Å². The molecule has 4 heteroatoms. The Morgan fingerprint density at radius 1 is 1.33 bits per heavy atom. The molecule has 4 nitrogen and oxygen atoms in total. The van der Waals surface area contributed by atoms with E-state index in [-0.39, 0.29) is 30.0 Å². The van der Waals surface area contributed by atoms with E-state index in [9.17, 15) is 9.90 Å². The predicted molar refractivity (Wildman–Crippen MR) is 106 cm³/mol. The third kappa shape index (κ3) is 3.51. The molecule has 0 aliphatic heterocycles. The fourth-order valence-electron chi connectivity index (χ4n) is 6.32. The minimum atomic E-state index is -0.997. The molecule has 2 fully saturated rings. The van der Waals surface area contributed by atoms with E-state index >= 15 is 0 Å².